The fraction of sp³-hybridized carbons (Fsp3) is 0.550. The van der Waals surface area contributed by atoms with Gasteiger partial charge in [-0.1, -0.05) is 0 Å². The summed E-state index contributed by atoms with van der Waals surface area (Å²) in [6.45, 7) is 2.14. The van der Waals surface area contributed by atoms with Gasteiger partial charge in [-0.3, -0.25) is 0 Å². The van der Waals surface area contributed by atoms with E-state index in [0.717, 1.165) is 34.9 Å². The Balaban J connectivity index is 0.00000146. The molecule has 0 amide bonds. The van der Waals surface area contributed by atoms with Crippen LogP contribution in [0.25, 0.3) is 0 Å². The predicted molar refractivity (Wildman–Crippen MR) is 100 cm³/mol. The zero-order chi connectivity index (χ0) is 15.4. The Morgan fingerprint density at radius 2 is 1.83 bits per heavy atom. The van der Waals surface area contributed by atoms with Crippen molar-refractivity contribution in [3.63, 3.8) is 0 Å². The molecular weight excluding hydrogens is 318 g/mol. The Bertz CT molecular complexity index is 676. The van der Waals surface area contributed by atoms with Crippen LogP contribution in [0.3, 0.4) is 0 Å². The Morgan fingerprint density at radius 3 is 2.42 bits per heavy atom. The average molecular weight is 344 g/mol. The minimum atomic E-state index is 0. The van der Waals surface area contributed by atoms with Gasteiger partial charge in [0.25, 0.3) is 0 Å². The van der Waals surface area contributed by atoms with Crippen molar-refractivity contribution >= 4 is 18.1 Å². The molecule has 3 nitrogen and oxygen atoms in total. The van der Waals surface area contributed by atoms with Crippen LogP contribution < -0.4 is 5.32 Å². The first-order chi connectivity index (χ1) is 11.2. The summed E-state index contributed by atoms with van der Waals surface area (Å²) in [4.78, 5) is 8.08. The highest BCUT2D eigenvalue weighted by Gasteiger charge is 2.50. The zero-order valence-corrected chi connectivity index (χ0v) is 15.0. The van der Waals surface area contributed by atoms with Gasteiger partial charge in [0.2, 0.25) is 0 Å². The van der Waals surface area contributed by atoms with E-state index < -0.39 is 0 Å². The van der Waals surface area contributed by atoms with E-state index in [1.807, 2.05) is 12.3 Å². The van der Waals surface area contributed by atoms with Crippen LogP contribution in [0.1, 0.15) is 51.1 Å². The number of aromatic amines is 1. The van der Waals surface area contributed by atoms with Crippen molar-refractivity contribution in [2.24, 2.45) is 22.7 Å². The van der Waals surface area contributed by atoms with Gasteiger partial charge in [-0.15, -0.1) is 12.4 Å². The van der Waals surface area contributed by atoms with Crippen molar-refractivity contribution in [2.75, 3.05) is 0 Å². The molecule has 4 bridgehead atoms. The quantitative estimate of drug-likeness (QED) is 0.828. The molecule has 4 aliphatic carbocycles. The lowest BCUT2D eigenvalue weighted by Crippen LogP contribution is -2.56. The fourth-order valence-electron chi connectivity index (χ4n) is 5.88. The molecule has 6 rings (SSSR count). The molecule has 0 aromatic carbocycles. The Morgan fingerprint density at radius 1 is 1.17 bits per heavy atom. The minimum absolute atomic E-state index is 0. The van der Waals surface area contributed by atoms with Gasteiger partial charge in [-0.05, 0) is 87.0 Å². The Hall–Kier alpha value is -1.48. The number of hydrogen-bond acceptors (Lipinski definition) is 2. The first-order valence-electron chi connectivity index (χ1n) is 9.08. The summed E-state index contributed by atoms with van der Waals surface area (Å²) in [5.74, 6) is 2.93. The molecule has 0 saturated heterocycles. The van der Waals surface area contributed by atoms with Gasteiger partial charge in [-0.25, -0.2) is 4.99 Å². The molecule has 1 aliphatic heterocycles. The second kappa shape index (κ2) is 5.80. The van der Waals surface area contributed by atoms with E-state index in [-0.39, 0.29) is 12.4 Å². The van der Waals surface area contributed by atoms with Gasteiger partial charge in [0.05, 0.1) is 17.1 Å². The molecule has 0 radical (unpaired) electrons. The summed E-state index contributed by atoms with van der Waals surface area (Å²) >= 11 is 0. The third-order valence-corrected chi connectivity index (χ3v) is 6.40. The Labute approximate surface area is 150 Å². The first kappa shape index (κ1) is 16.0. The highest BCUT2D eigenvalue weighted by molar-refractivity contribution is 6.13. The first-order valence-corrected chi connectivity index (χ1v) is 9.08. The topological polar surface area (TPSA) is 40.2 Å². The lowest BCUT2D eigenvalue weighted by Gasteiger charge is -2.56. The summed E-state index contributed by atoms with van der Waals surface area (Å²) in [6.07, 6.45) is 14.9. The number of aromatic nitrogens is 1. The van der Waals surface area contributed by atoms with Crippen LogP contribution in [0, 0.1) is 17.8 Å². The number of rotatable bonds is 3. The SMILES string of the molecule is CC1=C/C(=C\NC23CC4CC(CC(C4)C2)C3)N=C1c1ccc[nH]1.Cl. The third-order valence-electron chi connectivity index (χ3n) is 6.40. The summed E-state index contributed by atoms with van der Waals surface area (Å²) in [6, 6.07) is 4.12. The monoisotopic (exact) mass is 343 g/mol. The van der Waals surface area contributed by atoms with Crippen LogP contribution in [-0.4, -0.2) is 16.2 Å². The fourth-order valence-corrected chi connectivity index (χ4v) is 5.88. The van der Waals surface area contributed by atoms with Crippen molar-refractivity contribution in [3.8, 4) is 0 Å². The van der Waals surface area contributed by atoms with Gasteiger partial charge < -0.3 is 10.3 Å². The van der Waals surface area contributed by atoms with Crippen LogP contribution in [0.15, 0.2) is 46.9 Å². The van der Waals surface area contributed by atoms with E-state index in [1.165, 1.54) is 44.1 Å². The van der Waals surface area contributed by atoms with E-state index >= 15 is 0 Å². The van der Waals surface area contributed by atoms with Crippen molar-refractivity contribution < 1.29 is 0 Å². The molecule has 1 aromatic heterocycles. The standard InChI is InChI=1S/C20H25N3.ClH/c1-13-5-17(23-19(13)18-3-2-4-21-18)12-22-20-9-14-6-15(10-20)8-16(7-14)11-20;/h2-5,12,14-16,21-22H,6-11H2,1H3;1H/b17-12+;. The van der Waals surface area contributed by atoms with Gasteiger partial charge in [0.1, 0.15) is 0 Å². The third kappa shape index (κ3) is 2.63. The molecule has 128 valence electrons. The number of hydrogen-bond donors (Lipinski definition) is 2. The van der Waals surface area contributed by atoms with E-state index in [0.29, 0.717) is 5.54 Å². The van der Waals surface area contributed by atoms with Crippen LogP contribution in [0.2, 0.25) is 0 Å². The molecule has 5 aliphatic rings. The molecule has 1 aromatic rings. The lowest BCUT2D eigenvalue weighted by atomic mass is 9.53. The second-order valence-electron chi connectivity index (χ2n) is 8.28. The minimum Gasteiger partial charge on any atom is -0.384 e. The Kier molecular flexibility index (Phi) is 3.87. The van der Waals surface area contributed by atoms with Gasteiger partial charge in [0.15, 0.2) is 0 Å². The van der Waals surface area contributed by atoms with E-state index in [2.05, 4.69) is 35.6 Å². The maximum atomic E-state index is 4.82. The average Bonchev–Trinajstić information content (AvgIpc) is 3.13. The smallest absolute Gasteiger partial charge is 0.0902 e. The number of allylic oxidation sites excluding steroid dienone is 2. The molecule has 2 N–H and O–H groups in total. The number of H-pyrrole nitrogens is 1. The summed E-state index contributed by atoms with van der Waals surface area (Å²) in [7, 11) is 0. The molecule has 0 unspecified atom stereocenters. The largest absolute Gasteiger partial charge is 0.384 e. The van der Waals surface area contributed by atoms with Gasteiger partial charge in [0, 0.05) is 17.9 Å². The molecule has 4 heteroatoms. The second-order valence-corrected chi connectivity index (χ2v) is 8.28. The molecule has 2 heterocycles. The predicted octanol–water partition coefficient (Wildman–Crippen LogP) is 4.59. The van der Waals surface area contributed by atoms with Gasteiger partial charge in [-0.2, -0.15) is 0 Å². The van der Waals surface area contributed by atoms with Crippen LogP contribution >= 0.6 is 12.4 Å². The number of nitrogens with zero attached hydrogens (tertiary/aromatic N) is 1. The van der Waals surface area contributed by atoms with Gasteiger partial charge >= 0.3 is 0 Å². The zero-order valence-electron chi connectivity index (χ0n) is 14.2. The van der Waals surface area contributed by atoms with Crippen LogP contribution in [0.4, 0.5) is 0 Å². The van der Waals surface area contributed by atoms with E-state index in [4.69, 9.17) is 4.99 Å². The highest BCUT2D eigenvalue weighted by atomic mass is 35.5. The lowest BCUT2D eigenvalue weighted by molar-refractivity contribution is -0.0130. The maximum absolute atomic E-state index is 4.82. The van der Waals surface area contributed by atoms with Crippen LogP contribution in [0.5, 0.6) is 0 Å². The molecule has 24 heavy (non-hydrogen) atoms. The molecular formula is C20H26ClN3. The molecule has 4 fully saturated rings. The number of aliphatic imine (C=N–C) groups is 1. The van der Waals surface area contributed by atoms with E-state index in [9.17, 15) is 0 Å². The van der Waals surface area contributed by atoms with Crippen LogP contribution in [-0.2, 0) is 0 Å². The normalized spacial score (nSPS) is 38.0. The van der Waals surface area contributed by atoms with Crippen molar-refractivity contribution in [2.45, 2.75) is 51.0 Å². The van der Waals surface area contributed by atoms with Crippen molar-refractivity contribution in [1.82, 2.24) is 10.3 Å². The summed E-state index contributed by atoms with van der Waals surface area (Å²) in [5.41, 5.74) is 4.87. The summed E-state index contributed by atoms with van der Waals surface area (Å²) in [5, 5.41) is 3.83. The highest BCUT2D eigenvalue weighted by Crippen LogP contribution is 2.55. The van der Waals surface area contributed by atoms with Crippen molar-refractivity contribution in [1.29, 1.82) is 0 Å². The number of nitrogens with one attached hydrogen (secondary N) is 2. The molecule has 0 atom stereocenters. The van der Waals surface area contributed by atoms with Crippen molar-refractivity contribution in [3.05, 3.63) is 47.6 Å². The number of halogens is 1. The van der Waals surface area contributed by atoms with E-state index in [1.54, 1.807) is 0 Å². The molecule has 0 spiro atoms. The molecule has 4 saturated carbocycles. The summed E-state index contributed by atoms with van der Waals surface area (Å²) < 4.78 is 0. The maximum Gasteiger partial charge on any atom is 0.0902 e.